The number of carbonyl (C=O) groups excluding carboxylic acids is 1. The highest BCUT2D eigenvalue weighted by Gasteiger charge is 2.03. The zero-order chi connectivity index (χ0) is 15.5. The van der Waals surface area contributed by atoms with Crippen molar-refractivity contribution in [2.24, 2.45) is 0 Å². The molecule has 0 aromatic carbocycles. The third kappa shape index (κ3) is 8.29. The van der Waals surface area contributed by atoms with E-state index in [0.717, 1.165) is 30.7 Å². The molecule has 0 aliphatic carbocycles. The first kappa shape index (κ1) is 17.4. The number of unbranched alkanes of at least 4 members (excludes halogenated alkanes) is 3. The van der Waals surface area contributed by atoms with Gasteiger partial charge < -0.3 is 15.7 Å². The second kappa shape index (κ2) is 10.1. The molecule has 0 radical (unpaired) electrons. The Morgan fingerprint density at radius 1 is 1.24 bits per heavy atom. The number of hydrogen-bond donors (Lipinski definition) is 3. The van der Waals surface area contributed by atoms with Crippen molar-refractivity contribution in [1.82, 2.24) is 15.6 Å². The summed E-state index contributed by atoms with van der Waals surface area (Å²) in [5, 5.41) is 15.0. The van der Waals surface area contributed by atoms with Crippen molar-refractivity contribution >= 4 is 23.3 Å². The molecule has 1 aromatic heterocycles. The topological polar surface area (TPSA) is 91.3 Å². The van der Waals surface area contributed by atoms with Crippen molar-refractivity contribution in [2.75, 3.05) is 6.54 Å². The van der Waals surface area contributed by atoms with E-state index >= 15 is 0 Å². The van der Waals surface area contributed by atoms with Crippen LogP contribution in [-0.4, -0.2) is 28.6 Å². The van der Waals surface area contributed by atoms with Crippen LogP contribution in [0.1, 0.15) is 48.9 Å². The first-order chi connectivity index (χ1) is 10.1. The van der Waals surface area contributed by atoms with E-state index in [1.165, 1.54) is 4.88 Å². The Morgan fingerprint density at radius 3 is 2.67 bits per heavy atom. The predicted octanol–water partition coefficient (Wildman–Crippen LogP) is 2.54. The van der Waals surface area contributed by atoms with Crippen LogP contribution in [0.25, 0.3) is 0 Å². The maximum Gasteiger partial charge on any atom is 0.315 e. The molecular weight excluding hydrogens is 290 g/mol. The first-order valence-electron chi connectivity index (χ1n) is 7.29. The standard InChI is InChI=1S/C14H23N3O3S/c1-2-11-9-16-12(21-11)10-17-14(20)15-8-6-4-3-5-7-13(18)19/h9H,2-8,10H2,1H3,(H,18,19)(H2,15,17,20). The van der Waals surface area contributed by atoms with Gasteiger partial charge in [-0.15, -0.1) is 11.3 Å². The third-order valence-corrected chi connectivity index (χ3v) is 4.09. The van der Waals surface area contributed by atoms with Crippen LogP contribution in [0.2, 0.25) is 0 Å². The van der Waals surface area contributed by atoms with Gasteiger partial charge in [0.2, 0.25) is 0 Å². The molecule has 0 spiro atoms. The van der Waals surface area contributed by atoms with Crippen LogP contribution >= 0.6 is 11.3 Å². The van der Waals surface area contributed by atoms with Gasteiger partial charge in [-0.2, -0.15) is 0 Å². The van der Waals surface area contributed by atoms with Crippen LogP contribution in [0.15, 0.2) is 6.20 Å². The molecule has 1 rings (SSSR count). The minimum atomic E-state index is -0.749. The van der Waals surface area contributed by atoms with Gasteiger partial charge in [-0.05, 0) is 19.3 Å². The number of thiazole rings is 1. The summed E-state index contributed by atoms with van der Waals surface area (Å²) >= 11 is 1.61. The summed E-state index contributed by atoms with van der Waals surface area (Å²) in [7, 11) is 0. The Morgan fingerprint density at radius 2 is 2.00 bits per heavy atom. The van der Waals surface area contributed by atoms with Gasteiger partial charge in [-0.1, -0.05) is 19.8 Å². The lowest BCUT2D eigenvalue weighted by Gasteiger charge is -2.06. The Balaban J connectivity index is 2.00. The Bertz CT molecular complexity index is 448. The van der Waals surface area contributed by atoms with Gasteiger partial charge in [0.05, 0.1) is 6.54 Å². The summed E-state index contributed by atoms with van der Waals surface area (Å²) in [5.74, 6) is -0.749. The average Bonchev–Trinajstić information content (AvgIpc) is 2.92. The van der Waals surface area contributed by atoms with Gasteiger partial charge in [-0.3, -0.25) is 4.79 Å². The molecule has 7 heteroatoms. The van der Waals surface area contributed by atoms with Crippen LogP contribution in [0.3, 0.4) is 0 Å². The minimum absolute atomic E-state index is 0.186. The summed E-state index contributed by atoms with van der Waals surface area (Å²) in [6.07, 6.45) is 6.41. The van der Waals surface area contributed by atoms with E-state index in [-0.39, 0.29) is 12.5 Å². The predicted molar refractivity (Wildman–Crippen MR) is 82.5 cm³/mol. The number of carbonyl (C=O) groups is 2. The Kier molecular flexibility index (Phi) is 8.42. The van der Waals surface area contributed by atoms with Crippen LogP contribution in [0.5, 0.6) is 0 Å². The fourth-order valence-electron chi connectivity index (χ4n) is 1.77. The number of aromatic nitrogens is 1. The van der Waals surface area contributed by atoms with Crippen LogP contribution in [0, 0.1) is 0 Å². The number of carboxylic acids is 1. The summed E-state index contributed by atoms with van der Waals surface area (Å²) in [5.41, 5.74) is 0. The molecule has 1 aromatic rings. The summed E-state index contributed by atoms with van der Waals surface area (Å²) in [6.45, 7) is 3.14. The number of aliphatic carboxylic acids is 1. The summed E-state index contributed by atoms with van der Waals surface area (Å²) in [4.78, 5) is 27.3. The largest absolute Gasteiger partial charge is 0.481 e. The smallest absolute Gasteiger partial charge is 0.315 e. The lowest BCUT2D eigenvalue weighted by atomic mass is 10.1. The van der Waals surface area contributed by atoms with E-state index in [1.807, 2.05) is 6.20 Å². The van der Waals surface area contributed by atoms with Crippen molar-refractivity contribution in [1.29, 1.82) is 0 Å². The molecule has 1 heterocycles. The van der Waals surface area contributed by atoms with E-state index in [9.17, 15) is 9.59 Å². The summed E-state index contributed by atoms with van der Waals surface area (Å²) in [6, 6.07) is -0.186. The SMILES string of the molecule is CCc1cnc(CNC(=O)NCCCCCCC(=O)O)s1. The number of aryl methyl sites for hydroxylation is 1. The fraction of sp³-hybridized carbons (Fsp3) is 0.643. The van der Waals surface area contributed by atoms with Crippen molar-refractivity contribution in [3.63, 3.8) is 0 Å². The molecule has 0 unspecified atom stereocenters. The number of nitrogens with one attached hydrogen (secondary N) is 2. The second-order valence-corrected chi connectivity index (χ2v) is 5.94. The van der Waals surface area contributed by atoms with E-state index in [0.29, 0.717) is 19.5 Å². The lowest BCUT2D eigenvalue weighted by molar-refractivity contribution is -0.137. The van der Waals surface area contributed by atoms with Crippen molar-refractivity contribution < 1.29 is 14.7 Å². The third-order valence-electron chi connectivity index (χ3n) is 2.95. The van der Waals surface area contributed by atoms with E-state index in [2.05, 4.69) is 22.5 Å². The molecule has 0 atom stereocenters. The van der Waals surface area contributed by atoms with Crippen LogP contribution in [-0.2, 0) is 17.8 Å². The van der Waals surface area contributed by atoms with E-state index in [1.54, 1.807) is 11.3 Å². The number of amides is 2. The van der Waals surface area contributed by atoms with Crippen molar-refractivity contribution in [2.45, 2.75) is 52.0 Å². The van der Waals surface area contributed by atoms with Crippen LogP contribution < -0.4 is 10.6 Å². The molecule has 0 aliphatic heterocycles. The molecule has 118 valence electrons. The number of rotatable bonds is 10. The first-order valence-corrected chi connectivity index (χ1v) is 8.10. The number of nitrogens with zero attached hydrogens (tertiary/aromatic N) is 1. The molecule has 0 saturated heterocycles. The van der Waals surface area contributed by atoms with Crippen molar-refractivity contribution in [3.05, 3.63) is 16.1 Å². The second-order valence-electron chi connectivity index (χ2n) is 4.74. The molecule has 2 amide bonds. The quantitative estimate of drug-likeness (QED) is 0.579. The number of hydrogen-bond acceptors (Lipinski definition) is 4. The Hall–Kier alpha value is -1.63. The minimum Gasteiger partial charge on any atom is -0.481 e. The molecule has 0 aliphatic rings. The van der Waals surface area contributed by atoms with Gasteiger partial charge in [0, 0.05) is 24.0 Å². The zero-order valence-electron chi connectivity index (χ0n) is 12.4. The summed E-state index contributed by atoms with van der Waals surface area (Å²) < 4.78 is 0. The van der Waals surface area contributed by atoms with Gasteiger partial charge >= 0.3 is 12.0 Å². The normalized spacial score (nSPS) is 10.3. The highest BCUT2D eigenvalue weighted by molar-refractivity contribution is 7.11. The maximum absolute atomic E-state index is 11.5. The molecule has 3 N–H and O–H groups in total. The number of urea groups is 1. The molecule has 0 bridgehead atoms. The highest BCUT2D eigenvalue weighted by atomic mass is 32.1. The molecule has 21 heavy (non-hydrogen) atoms. The zero-order valence-corrected chi connectivity index (χ0v) is 13.2. The Labute approximate surface area is 129 Å². The average molecular weight is 313 g/mol. The van der Waals surface area contributed by atoms with Crippen LogP contribution in [0.4, 0.5) is 4.79 Å². The highest BCUT2D eigenvalue weighted by Crippen LogP contribution is 2.12. The molecule has 0 saturated carbocycles. The van der Waals surface area contributed by atoms with Gasteiger partial charge in [0.1, 0.15) is 5.01 Å². The van der Waals surface area contributed by atoms with E-state index in [4.69, 9.17) is 5.11 Å². The fourth-order valence-corrected chi connectivity index (χ4v) is 2.57. The monoisotopic (exact) mass is 313 g/mol. The molecule has 6 nitrogen and oxygen atoms in total. The lowest BCUT2D eigenvalue weighted by Crippen LogP contribution is -2.35. The molecule has 0 fully saturated rings. The molecular formula is C14H23N3O3S. The number of carboxylic acid groups (broad SMARTS) is 1. The maximum atomic E-state index is 11.5. The van der Waals surface area contributed by atoms with E-state index < -0.39 is 5.97 Å². The van der Waals surface area contributed by atoms with Gasteiger partial charge in [0.15, 0.2) is 0 Å². The van der Waals surface area contributed by atoms with Gasteiger partial charge in [-0.25, -0.2) is 9.78 Å². The van der Waals surface area contributed by atoms with Gasteiger partial charge in [0.25, 0.3) is 0 Å². The van der Waals surface area contributed by atoms with Crippen molar-refractivity contribution in [3.8, 4) is 0 Å².